The van der Waals surface area contributed by atoms with Gasteiger partial charge in [0, 0.05) is 33.4 Å². The number of nitrogens with one attached hydrogen (secondary N) is 2. The van der Waals surface area contributed by atoms with E-state index < -0.39 is 12.3 Å². The lowest BCUT2D eigenvalue weighted by Gasteiger charge is -2.28. The molecular formula is C24H27ClF2N6OS. The molecule has 0 amide bonds. The average Bonchev–Trinajstić information content (AvgIpc) is 2.78. The Morgan fingerprint density at radius 2 is 1.97 bits per heavy atom. The monoisotopic (exact) mass is 520 g/mol. The lowest BCUT2D eigenvalue weighted by atomic mass is 10.1. The highest BCUT2D eigenvalue weighted by Gasteiger charge is 2.29. The summed E-state index contributed by atoms with van der Waals surface area (Å²) in [4.78, 5) is 9.07. The number of benzene rings is 2. The maximum Gasteiger partial charge on any atom is 0.228 e. The van der Waals surface area contributed by atoms with Gasteiger partial charge in [0.05, 0.1) is 5.56 Å². The SMILES string of the molecule is CC(=N)c1c(N)nc(-c2ccc(N)cc2C)nc1OC1CCNCC1F.Fc1ccc(Cl)cc1S. The van der Waals surface area contributed by atoms with Gasteiger partial charge in [0.2, 0.25) is 5.88 Å². The van der Waals surface area contributed by atoms with Crippen LogP contribution in [0.4, 0.5) is 20.3 Å². The lowest BCUT2D eigenvalue weighted by Crippen LogP contribution is -2.44. The minimum absolute atomic E-state index is 0.137. The molecule has 1 aliphatic heterocycles. The minimum atomic E-state index is -1.15. The van der Waals surface area contributed by atoms with Gasteiger partial charge in [-0.05, 0) is 68.8 Å². The first-order valence-corrected chi connectivity index (χ1v) is 11.6. The van der Waals surface area contributed by atoms with Crippen LogP contribution in [0, 0.1) is 18.2 Å². The molecule has 4 rings (SSSR count). The molecule has 186 valence electrons. The van der Waals surface area contributed by atoms with Crippen molar-refractivity contribution in [3.63, 3.8) is 0 Å². The smallest absolute Gasteiger partial charge is 0.228 e. The minimum Gasteiger partial charge on any atom is -0.471 e. The van der Waals surface area contributed by atoms with Crippen LogP contribution in [0.5, 0.6) is 5.88 Å². The number of nitrogens with two attached hydrogens (primary N) is 2. The highest BCUT2D eigenvalue weighted by molar-refractivity contribution is 7.80. The topological polar surface area (TPSA) is 123 Å². The molecule has 3 aromatic rings. The van der Waals surface area contributed by atoms with Crippen LogP contribution in [0.1, 0.15) is 24.5 Å². The van der Waals surface area contributed by atoms with E-state index in [1.807, 2.05) is 19.1 Å². The summed E-state index contributed by atoms with van der Waals surface area (Å²) in [5, 5.41) is 11.5. The number of thiol groups is 1. The van der Waals surface area contributed by atoms with Crippen LogP contribution >= 0.6 is 24.2 Å². The largest absolute Gasteiger partial charge is 0.471 e. The highest BCUT2D eigenvalue weighted by atomic mass is 35.5. The molecule has 0 saturated carbocycles. The number of nitrogen functional groups attached to an aromatic ring is 2. The van der Waals surface area contributed by atoms with Crippen molar-refractivity contribution in [2.75, 3.05) is 24.6 Å². The molecule has 2 atom stereocenters. The van der Waals surface area contributed by atoms with Crippen LogP contribution < -0.4 is 21.5 Å². The number of anilines is 2. The zero-order valence-corrected chi connectivity index (χ0v) is 20.9. The van der Waals surface area contributed by atoms with Crippen molar-refractivity contribution in [3.8, 4) is 17.3 Å². The molecule has 0 bridgehead atoms. The van der Waals surface area contributed by atoms with E-state index in [-0.39, 0.29) is 34.7 Å². The number of nitrogens with zero attached hydrogens (tertiary/aromatic N) is 2. The van der Waals surface area contributed by atoms with Crippen LogP contribution in [0.15, 0.2) is 41.3 Å². The van der Waals surface area contributed by atoms with Gasteiger partial charge >= 0.3 is 0 Å². The summed E-state index contributed by atoms with van der Waals surface area (Å²) in [6, 6.07) is 9.60. The zero-order chi connectivity index (χ0) is 25.7. The average molecular weight is 521 g/mol. The Balaban J connectivity index is 0.000000320. The first-order chi connectivity index (χ1) is 16.6. The summed E-state index contributed by atoms with van der Waals surface area (Å²) in [6.45, 7) is 4.36. The summed E-state index contributed by atoms with van der Waals surface area (Å²) in [7, 11) is 0. The molecule has 35 heavy (non-hydrogen) atoms. The van der Waals surface area contributed by atoms with Crippen molar-refractivity contribution in [2.24, 2.45) is 0 Å². The number of alkyl halides is 1. The molecule has 2 aromatic carbocycles. The van der Waals surface area contributed by atoms with Gasteiger partial charge in [0.1, 0.15) is 23.9 Å². The van der Waals surface area contributed by atoms with Crippen molar-refractivity contribution in [1.29, 1.82) is 5.41 Å². The molecule has 1 aromatic heterocycles. The Kier molecular flexibility index (Phi) is 8.87. The van der Waals surface area contributed by atoms with Gasteiger partial charge in [-0.25, -0.2) is 13.8 Å². The van der Waals surface area contributed by atoms with Crippen molar-refractivity contribution >= 4 is 41.4 Å². The van der Waals surface area contributed by atoms with Gasteiger partial charge in [-0.1, -0.05) is 11.6 Å². The van der Waals surface area contributed by atoms with Gasteiger partial charge in [-0.15, -0.1) is 12.6 Å². The third-order valence-corrected chi connectivity index (χ3v) is 5.87. The van der Waals surface area contributed by atoms with Gasteiger partial charge in [-0.2, -0.15) is 4.98 Å². The molecule has 6 N–H and O–H groups in total. The predicted octanol–water partition coefficient (Wildman–Crippen LogP) is 4.85. The van der Waals surface area contributed by atoms with Crippen molar-refractivity contribution in [1.82, 2.24) is 15.3 Å². The van der Waals surface area contributed by atoms with Crippen molar-refractivity contribution < 1.29 is 13.5 Å². The lowest BCUT2D eigenvalue weighted by molar-refractivity contribution is 0.0692. The van der Waals surface area contributed by atoms with Crippen molar-refractivity contribution in [2.45, 2.75) is 37.4 Å². The van der Waals surface area contributed by atoms with E-state index in [1.54, 1.807) is 13.0 Å². The summed E-state index contributed by atoms with van der Waals surface area (Å²) < 4.78 is 32.4. The van der Waals surface area contributed by atoms with Crippen LogP contribution in [0.2, 0.25) is 5.02 Å². The van der Waals surface area contributed by atoms with E-state index in [9.17, 15) is 8.78 Å². The first-order valence-electron chi connectivity index (χ1n) is 10.8. The fraction of sp³-hybridized carbons (Fsp3) is 0.292. The summed E-state index contributed by atoms with van der Waals surface area (Å²) >= 11 is 9.31. The Morgan fingerprint density at radius 3 is 2.57 bits per heavy atom. The molecule has 0 radical (unpaired) electrons. The molecule has 2 heterocycles. The number of hydrogen-bond donors (Lipinski definition) is 5. The molecule has 11 heteroatoms. The molecule has 1 aliphatic rings. The molecule has 0 spiro atoms. The first kappa shape index (κ1) is 26.7. The molecule has 1 saturated heterocycles. The molecule has 2 unspecified atom stereocenters. The third kappa shape index (κ3) is 6.81. The normalized spacial score (nSPS) is 17.3. The quantitative estimate of drug-likeness (QED) is 0.190. The summed E-state index contributed by atoms with van der Waals surface area (Å²) in [5.74, 6) is 0.302. The van der Waals surface area contributed by atoms with E-state index in [2.05, 4.69) is 27.9 Å². The van der Waals surface area contributed by atoms with Crippen LogP contribution in [0.25, 0.3) is 11.4 Å². The second-order valence-electron chi connectivity index (χ2n) is 8.07. The van der Waals surface area contributed by atoms with E-state index in [1.165, 1.54) is 18.2 Å². The van der Waals surface area contributed by atoms with Crippen LogP contribution in [-0.2, 0) is 0 Å². The second-order valence-corrected chi connectivity index (χ2v) is 8.99. The Hall–Kier alpha value is -2.95. The van der Waals surface area contributed by atoms with Gasteiger partial charge in [-0.3, -0.25) is 0 Å². The molecule has 0 aliphatic carbocycles. The van der Waals surface area contributed by atoms with Crippen molar-refractivity contribution in [3.05, 3.63) is 58.4 Å². The molecule has 1 fully saturated rings. The number of aryl methyl sites for hydroxylation is 1. The predicted molar refractivity (Wildman–Crippen MR) is 139 cm³/mol. The summed E-state index contributed by atoms with van der Waals surface area (Å²) in [5.41, 5.74) is 14.6. The fourth-order valence-electron chi connectivity index (χ4n) is 3.51. The number of ether oxygens (including phenoxy) is 1. The Labute approximate surface area is 213 Å². The van der Waals surface area contributed by atoms with E-state index in [0.717, 1.165) is 11.1 Å². The van der Waals surface area contributed by atoms with Crippen LogP contribution in [0.3, 0.4) is 0 Å². The standard InChI is InChI=1S/C18H23FN6O.C6H4ClFS/c1-9-7-11(21)3-4-12(9)17-24-16(22)15(10(2)20)18(25-17)26-14-5-6-23-8-13(14)19;7-4-1-2-5(8)6(9)3-4/h3-4,7,13-14,20,23H,5-6,8,21H2,1-2H3,(H2,22,24,25);1-3,9H. The van der Waals surface area contributed by atoms with Crippen LogP contribution in [-0.4, -0.2) is 41.0 Å². The number of aromatic nitrogens is 2. The fourth-order valence-corrected chi connectivity index (χ4v) is 3.97. The van der Waals surface area contributed by atoms with Gasteiger partial charge < -0.3 is 26.9 Å². The molecule has 7 nitrogen and oxygen atoms in total. The summed E-state index contributed by atoms with van der Waals surface area (Å²) in [6.07, 6.45) is -1.28. The second kappa shape index (κ2) is 11.7. The maximum absolute atomic E-state index is 14.2. The Bertz CT molecular complexity index is 1230. The number of piperidine rings is 1. The van der Waals surface area contributed by atoms with E-state index in [0.29, 0.717) is 35.1 Å². The third-order valence-electron chi connectivity index (χ3n) is 5.29. The Morgan fingerprint density at radius 1 is 1.23 bits per heavy atom. The number of hydrogen-bond acceptors (Lipinski definition) is 8. The highest BCUT2D eigenvalue weighted by Crippen LogP contribution is 2.30. The number of rotatable bonds is 4. The van der Waals surface area contributed by atoms with Gasteiger partial charge in [0.25, 0.3) is 0 Å². The van der Waals surface area contributed by atoms with E-state index >= 15 is 0 Å². The van der Waals surface area contributed by atoms with Gasteiger partial charge in [0.15, 0.2) is 5.82 Å². The number of halogens is 3. The van der Waals surface area contributed by atoms with E-state index in [4.69, 9.17) is 33.2 Å². The zero-order valence-electron chi connectivity index (χ0n) is 19.3. The molecular weight excluding hydrogens is 494 g/mol. The maximum atomic E-state index is 14.2.